The Bertz CT molecular complexity index is 166. The maximum Gasteiger partial charge on any atom is 0.303 e. The first-order chi connectivity index (χ1) is 6.60. The molecule has 0 spiro atoms. The molecule has 0 aliphatic rings. The largest absolute Gasteiger partial charge is 0.481 e. The first-order valence-electron chi connectivity index (χ1n) is 4.69. The van der Waals surface area contributed by atoms with Crippen molar-refractivity contribution in [1.82, 2.24) is 0 Å². The van der Waals surface area contributed by atoms with Crippen LogP contribution >= 0.6 is 0 Å². The maximum atomic E-state index is 11.7. The Kier molecular flexibility index (Phi) is 7.32. The first-order valence-corrected chi connectivity index (χ1v) is 4.69. The van der Waals surface area contributed by atoms with Crippen LogP contribution in [-0.2, 0) is 9.53 Å². The van der Waals surface area contributed by atoms with Gasteiger partial charge in [0.15, 0.2) is 0 Å². The third kappa shape index (κ3) is 6.80. The average molecular weight is 207 g/mol. The average Bonchev–Trinajstić information content (AvgIpc) is 2.12. The van der Waals surface area contributed by atoms with Gasteiger partial charge in [0, 0.05) is 6.42 Å². The number of aliphatic carboxylic acids is 1. The van der Waals surface area contributed by atoms with Gasteiger partial charge in [0.25, 0.3) is 0 Å². The number of carboxylic acids is 1. The van der Waals surface area contributed by atoms with Gasteiger partial charge in [0.05, 0.1) is 12.7 Å². The van der Waals surface area contributed by atoms with Crippen molar-refractivity contribution in [3.8, 4) is 0 Å². The van der Waals surface area contributed by atoms with Crippen LogP contribution in [0.25, 0.3) is 0 Å². The number of carboxylic acid groups (broad SMARTS) is 1. The summed E-state index contributed by atoms with van der Waals surface area (Å²) < 4.78 is 16.8. The van der Waals surface area contributed by atoms with Crippen molar-refractivity contribution in [2.24, 2.45) is 11.7 Å². The summed E-state index contributed by atoms with van der Waals surface area (Å²) in [7, 11) is 0. The molecule has 0 aliphatic carbocycles. The molecule has 0 aromatic heterocycles. The van der Waals surface area contributed by atoms with Crippen molar-refractivity contribution < 1.29 is 19.0 Å². The van der Waals surface area contributed by atoms with Crippen molar-refractivity contribution in [2.45, 2.75) is 25.9 Å². The highest BCUT2D eigenvalue weighted by Crippen LogP contribution is 2.12. The van der Waals surface area contributed by atoms with E-state index in [2.05, 4.69) is 0 Å². The molecule has 3 N–H and O–H groups in total. The van der Waals surface area contributed by atoms with Crippen LogP contribution in [-0.4, -0.2) is 37.0 Å². The van der Waals surface area contributed by atoms with Gasteiger partial charge in [-0.25, -0.2) is 4.39 Å². The Morgan fingerprint density at radius 1 is 1.64 bits per heavy atom. The monoisotopic (exact) mass is 207 g/mol. The highest BCUT2D eigenvalue weighted by atomic mass is 19.1. The standard InChI is InChI=1S/C9H18FNO3/c1-7(14-3-2-10)4-8(6-11)5-9(12)13/h7-8H,2-6,11H2,1H3,(H,12,13). The zero-order valence-corrected chi connectivity index (χ0v) is 8.41. The van der Waals surface area contributed by atoms with Gasteiger partial charge < -0.3 is 15.6 Å². The SMILES string of the molecule is CC(CC(CN)CC(=O)O)OCCF. The summed E-state index contributed by atoms with van der Waals surface area (Å²) in [4.78, 5) is 10.4. The second-order valence-corrected chi connectivity index (χ2v) is 3.31. The minimum absolute atomic E-state index is 0.0415. The molecule has 0 aromatic carbocycles. The van der Waals surface area contributed by atoms with Crippen molar-refractivity contribution in [2.75, 3.05) is 19.8 Å². The molecule has 0 heterocycles. The molecule has 4 nitrogen and oxygen atoms in total. The van der Waals surface area contributed by atoms with Crippen LogP contribution < -0.4 is 5.73 Å². The quantitative estimate of drug-likeness (QED) is 0.617. The molecule has 0 saturated heterocycles. The summed E-state index contributed by atoms with van der Waals surface area (Å²) >= 11 is 0. The van der Waals surface area contributed by atoms with Crippen LogP contribution in [0.2, 0.25) is 0 Å². The molecule has 84 valence electrons. The molecule has 0 aromatic rings. The molecule has 0 aliphatic heterocycles. The Hall–Kier alpha value is -0.680. The van der Waals surface area contributed by atoms with Gasteiger partial charge >= 0.3 is 5.97 Å². The van der Waals surface area contributed by atoms with Gasteiger partial charge in [-0.1, -0.05) is 0 Å². The second kappa shape index (κ2) is 7.70. The van der Waals surface area contributed by atoms with Crippen LogP contribution in [0.4, 0.5) is 4.39 Å². The lowest BCUT2D eigenvalue weighted by Crippen LogP contribution is -2.24. The van der Waals surface area contributed by atoms with E-state index in [9.17, 15) is 9.18 Å². The highest BCUT2D eigenvalue weighted by Gasteiger charge is 2.15. The Morgan fingerprint density at radius 2 is 2.29 bits per heavy atom. The predicted molar refractivity (Wildman–Crippen MR) is 50.8 cm³/mol. The summed E-state index contributed by atoms with van der Waals surface area (Å²) in [5, 5.41) is 8.55. The number of alkyl halides is 1. The molecule has 5 heteroatoms. The van der Waals surface area contributed by atoms with E-state index >= 15 is 0 Å². The van der Waals surface area contributed by atoms with Crippen LogP contribution in [0.1, 0.15) is 19.8 Å². The number of halogens is 1. The fourth-order valence-electron chi connectivity index (χ4n) is 1.29. The molecule has 2 unspecified atom stereocenters. The number of hydrogen-bond acceptors (Lipinski definition) is 3. The second-order valence-electron chi connectivity index (χ2n) is 3.31. The van der Waals surface area contributed by atoms with Crippen LogP contribution in [0.15, 0.2) is 0 Å². The van der Waals surface area contributed by atoms with Gasteiger partial charge in [-0.2, -0.15) is 0 Å². The maximum absolute atomic E-state index is 11.7. The number of nitrogens with two attached hydrogens (primary N) is 1. The number of carbonyl (C=O) groups is 1. The van der Waals surface area contributed by atoms with E-state index in [1.807, 2.05) is 0 Å². The van der Waals surface area contributed by atoms with Gasteiger partial charge in [-0.3, -0.25) is 4.79 Å². The molecular weight excluding hydrogens is 189 g/mol. The van der Waals surface area contributed by atoms with E-state index in [1.54, 1.807) is 6.92 Å². The van der Waals surface area contributed by atoms with Crippen molar-refractivity contribution in [3.63, 3.8) is 0 Å². The highest BCUT2D eigenvalue weighted by molar-refractivity contribution is 5.67. The molecule has 14 heavy (non-hydrogen) atoms. The molecule has 0 radical (unpaired) electrons. The van der Waals surface area contributed by atoms with Gasteiger partial charge in [0.2, 0.25) is 0 Å². The van der Waals surface area contributed by atoms with E-state index in [0.29, 0.717) is 13.0 Å². The summed E-state index contributed by atoms with van der Waals surface area (Å²) in [6, 6.07) is 0. The fourth-order valence-corrected chi connectivity index (χ4v) is 1.29. The number of ether oxygens (including phenoxy) is 1. The fraction of sp³-hybridized carbons (Fsp3) is 0.889. The topological polar surface area (TPSA) is 72.6 Å². The van der Waals surface area contributed by atoms with Gasteiger partial charge in [-0.05, 0) is 25.8 Å². The Balaban J connectivity index is 3.73. The molecule has 2 atom stereocenters. The van der Waals surface area contributed by atoms with Crippen molar-refractivity contribution in [3.05, 3.63) is 0 Å². The van der Waals surface area contributed by atoms with E-state index < -0.39 is 12.6 Å². The number of rotatable bonds is 8. The van der Waals surface area contributed by atoms with E-state index in [0.717, 1.165) is 0 Å². The number of hydrogen-bond donors (Lipinski definition) is 2. The lowest BCUT2D eigenvalue weighted by atomic mass is 9.99. The minimum atomic E-state index is -0.863. The Morgan fingerprint density at radius 3 is 2.71 bits per heavy atom. The lowest BCUT2D eigenvalue weighted by molar-refractivity contribution is -0.138. The molecule has 0 amide bonds. The van der Waals surface area contributed by atoms with E-state index in [4.69, 9.17) is 15.6 Å². The molecule has 0 fully saturated rings. The van der Waals surface area contributed by atoms with Crippen LogP contribution in [0.5, 0.6) is 0 Å². The molecular formula is C9H18FNO3. The summed E-state index contributed by atoms with van der Waals surface area (Å²) in [5.41, 5.74) is 5.41. The zero-order valence-electron chi connectivity index (χ0n) is 8.41. The lowest BCUT2D eigenvalue weighted by Gasteiger charge is -2.17. The van der Waals surface area contributed by atoms with Crippen LogP contribution in [0, 0.1) is 5.92 Å². The van der Waals surface area contributed by atoms with E-state index in [-0.39, 0.29) is 25.0 Å². The molecule has 0 bridgehead atoms. The minimum Gasteiger partial charge on any atom is -0.481 e. The first kappa shape index (κ1) is 13.3. The summed E-state index contributed by atoms with van der Waals surface area (Å²) in [5.74, 6) is -0.958. The predicted octanol–water partition coefficient (Wildman–Crippen LogP) is 0.801. The summed E-state index contributed by atoms with van der Waals surface area (Å²) in [6.45, 7) is 1.65. The van der Waals surface area contributed by atoms with Crippen LogP contribution in [0.3, 0.4) is 0 Å². The van der Waals surface area contributed by atoms with Crippen molar-refractivity contribution in [1.29, 1.82) is 0 Å². The molecule has 0 rings (SSSR count). The van der Waals surface area contributed by atoms with Gasteiger partial charge in [0.1, 0.15) is 6.67 Å². The normalized spacial score (nSPS) is 15.1. The van der Waals surface area contributed by atoms with Gasteiger partial charge in [-0.15, -0.1) is 0 Å². The summed E-state index contributed by atoms with van der Waals surface area (Å²) in [6.07, 6.45) is 0.460. The Labute approximate surface area is 83.2 Å². The third-order valence-electron chi connectivity index (χ3n) is 1.94. The molecule has 0 saturated carbocycles. The third-order valence-corrected chi connectivity index (χ3v) is 1.94. The smallest absolute Gasteiger partial charge is 0.303 e. The van der Waals surface area contributed by atoms with E-state index in [1.165, 1.54) is 0 Å². The van der Waals surface area contributed by atoms with Crippen molar-refractivity contribution >= 4 is 5.97 Å². The zero-order chi connectivity index (χ0) is 11.0.